The van der Waals surface area contributed by atoms with Crippen LogP contribution in [0.1, 0.15) is 93.9 Å². The maximum absolute atomic E-state index is 6.62. The highest BCUT2D eigenvalue weighted by Crippen LogP contribution is 2.32. The van der Waals surface area contributed by atoms with Crippen molar-refractivity contribution in [2.75, 3.05) is 33.5 Å². The molecule has 0 N–H and O–H groups in total. The average molecular weight is 464 g/mol. The lowest BCUT2D eigenvalue weighted by atomic mass is 10.4. The normalized spacial score (nSPS) is 15.0. The molecule has 0 bridgehead atoms. The summed E-state index contributed by atoms with van der Waals surface area (Å²) >= 11 is 0. The van der Waals surface area contributed by atoms with Gasteiger partial charge in [-0.3, -0.25) is 4.90 Å². The number of hydrogen-bond acceptors (Lipinski definition) is 5. The Bertz CT molecular complexity index is 363. The molecule has 0 amide bonds. The minimum absolute atomic E-state index is 0.291. The van der Waals surface area contributed by atoms with Crippen LogP contribution in [0, 0.1) is 0 Å². The Balaban J connectivity index is 6.07. The van der Waals surface area contributed by atoms with Gasteiger partial charge in [0.05, 0.1) is 11.3 Å². The minimum atomic E-state index is -2.40. The van der Waals surface area contributed by atoms with E-state index in [0.717, 1.165) is 77.0 Å². The second kappa shape index (κ2) is 16.8. The highest BCUT2D eigenvalue weighted by molar-refractivity contribution is 6.70. The lowest BCUT2D eigenvalue weighted by Gasteiger charge is -2.48. The van der Waals surface area contributed by atoms with Crippen molar-refractivity contribution in [3.05, 3.63) is 0 Å². The van der Waals surface area contributed by atoms with Gasteiger partial charge in [-0.25, -0.2) is 0 Å². The molecule has 5 nitrogen and oxygen atoms in total. The SMILES string of the molecule is CCCO[Si](CC)(OCCC)C(CC)N(C)C(CC)[Si](CC)(OCCC)OCCC. The molecule has 30 heavy (non-hydrogen) atoms. The smallest absolute Gasteiger partial charge is 0.355 e. The second-order valence-electron chi connectivity index (χ2n) is 8.24. The molecule has 0 aromatic rings. The third-order valence-electron chi connectivity index (χ3n) is 5.96. The van der Waals surface area contributed by atoms with Crippen molar-refractivity contribution in [2.24, 2.45) is 0 Å². The van der Waals surface area contributed by atoms with Gasteiger partial charge in [-0.2, -0.15) is 0 Å². The molecule has 0 aliphatic carbocycles. The molecule has 0 heterocycles. The summed E-state index contributed by atoms with van der Waals surface area (Å²) in [6, 6.07) is 1.94. The van der Waals surface area contributed by atoms with Crippen molar-refractivity contribution in [2.45, 2.75) is 117 Å². The summed E-state index contributed by atoms with van der Waals surface area (Å²) < 4.78 is 26.5. The quantitative estimate of drug-likeness (QED) is 0.201. The van der Waals surface area contributed by atoms with Crippen LogP contribution in [0.4, 0.5) is 0 Å². The lowest BCUT2D eigenvalue weighted by molar-refractivity contribution is 0.0910. The van der Waals surface area contributed by atoms with E-state index >= 15 is 0 Å². The van der Waals surface area contributed by atoms with E-state index in [0.29, 0.717) is 11.3 Å². The lowest BCUT2D eigenvalue weighted by Crippen LogP contribution is -2.67. The molecule has 2 atom stereocenters. The Kier molecular flexibility index (Phi) is 16.9. The zero-order chi connectivity index (χ0) is 23.0. The summed E-state index contributed by atoms with van der Waals surface area (Å²) in [6.07, 6.45) is 6.14. The summed E-state index contributed by atoms with van der Waals surface area (Å²) in [4.78, 5) is 2.56. The zero-order valence-electron chi connectivity index (χ0n) is 21.7. The fraction of sp³-hybridized carbons (Fsp3) is 1.00. The van der Waals surface area contributed by atoms with E-state index in [-0.39, 0.29) is 0 Å². The summed E-state index contributed by atoms with van der Waals surface area (Å²) in [5.74, 6) is 0. The number of nitrogens with zero attached hydrogens (tertiary/aromatic N) is 1. The van der Waals surface area contributed by atoms with Crippen molar-refractivity contribution in [1.29, 1.82) is 0 Å². The van der Waals surface area contributed by atoms with E-state index in [1.54, 1.807) is 0 Å². The highest BCUT2D eigenvalue weighted by Gasteiger charge is 2.53. The fourth-order valence-corrected chi connectivity index (χ4v) is 12.4. The Morgan fingerprint density at radius 2 is 0.800 bits per heavy atom. The first-order valence-electron chi connectivity index (χ1n) is 12.7. The van der Waals surface area contributed by atoms with Gasteiger partial charge in [-0.05, 0) is 57.7 Å². The summed E-state index contributed by atoms with van der Waals surface area (Å²) in [7, 11) is -2.53. The maximum atomic E-state index is 6.62. The van der Waals surface area contributed by atoms with E-state index in [1.807, 2.05) is 0 Å². The first kappa shape index (κ1) is 30.2. The van der Waals surface area contributed by atoms with Crippen LogP contribution in [0.5, 0.6) is 0 Å². The second-order valence-corrected chi connectivity index (χ2v) is 15.4. The average Bonchev–Trinajstić information content (AvgIpc) is 2.77. The van der Waals surface area contributed by atoms with Gasteiger partial charge in [0.1, 0.15) is 0 Å². The van der Waals surface area contributed by atoms with Gasteiger partial charge >= 0.3 is 17.1 Å². The molecule has 0 saturated carbocycles. The van der Waals surface area contributed by atoms with Crippen LogP contribution in [0.15, 0.2) is 0 Å². The van der Waals surface area contributed by atoms with Gasteiger partial charge in [0, 0.05) is 26.4 Å². The predicted molar refractivity (Wildman–Crippen MR) is 133 cm³/mol. The molecule has 0 saturated heterocycles. The van der Waals surface area contributed by atoms with Gasteiger partial charge in [0.25, 0.3) is 0 Å². The summed E-state index contributed by atoms with van der Waals surface area (Å²) in [6.45, 7) is 20.9. The van der Waals surface area contributed by atoms with Crippen LogP contribution in [0.25, 0.3) is 0 Å². The van der Waals surface area contributed by atoms with Crippen molar-refractivity contribution < 1.29 is 17.7 Å². The van der Waals surface area contributed by atoms with Crippen LogP contribution >= 0.6 is 0 Å². The standard InChI is InChI=1S/C23H53NO4Si2/c1-10-18-25-29(16-7,26-19-11-2)22(14-5)24(9)23(15-6)30(17-8,27-20-12-3)28-21-13-4/h22-23H,10-21H2,1-9H3. The van der Waals surface area contributed by atoms with Gasteiger partial charge in [0.2, 0.25) is 0 Å². The Morgan fingerprint density at radius 3 is 0.967 bits per heavy atom. The highest BCUT2D eigenvalue weighted by atomic mass is 28.4. The molecule has 7 heteroatoms. The minimum Gasteiger partial charge on any atom is -0.393 e. The van der Waals surface area contributed by atoms with Crippen LogP contribution < -0.4 is 0 Å². The molecule has 0 radical (unpaired) electrons. The van der Waals surface area contributed by atoms with E-state index < -0.39 is 17.1 Å². The van der Waals surface area contributed by atoms with Gasteiger partial charge in [-0.15, -0.1) is 0 Å². The van der Waals surface area contributed by atoms with Crippen LogP contribution in [-0.2, 0) is 17.7 Å². The van der Waals surface area contributed by atoms with Gasteiger partial charge in [-0.1, -0.05) is 55.4 Å². The molecule has 0 fully saturated rings. The van der Waals surface area contributed by atoms with Gasteiger partial charge < -0.3 is 17.7 Å². The molecule has 2 unspecified atom stereocenters. The zero-order valence-corrected chi connectivity index (χ0v) is 23.7. The monoisotopic (exact) mass is 463 g/mol. The van der Waals surface area contributed by atoms with Crippen molar-refractivity contribution in [1.82, 2.24) is 4.90 Å². The molecule has 0 aromatic carbocycles. The van der Waals surface area contributed by atoms with Crippen LogP contribution in [0.2, 0.25) is 12.1 Å². The van der Waals surface area contributed by atoms with Crippen LogP contribution in [0.3, 0.4) is 0 Å². The third kappa shape index (κ3) is 8.30. The summed E-state index contributed by atoms with van der Waals surface area (Å²) in [5.41, 5.74) is 0.582. The largest absolute Gasteiger partial charge is 0.393 e. The molecule has 0 aliphatic rings. The maximum Gasteiger partial charge on any atom is 0.355 e. The molecular formula is C23H53NO4Si2. The third-order valence-corrected chi connectivity index (χ3v) is 14.4. The fourth-order valence-electron chi connectivity index (χ4n) is 4.48. The van der Waals surface area contributed by atoms with Crippen molar-refractivity contribution in [3.8, 4) is 0 Å². The molecular weight excluding hydrogens is 410 g/mol. The van der Waals surface area contributed by atoms with Crippen molar-refractivity contribution >= 4 is 17.1 Å². The number of hydrogen-bond donors (Lipinski definition) is 0. The Labute approximate surface area is 190 Å². The van der Waals surface area contributed by atoms with Crippen molar-refractivity contribution in [3.63, 3.8) is 0 Å². The topological polar surface area (TPSA) is 40.2 Å². The first-order valence-corrected chi connectivity index (χ1v) is 16.9. The Morgan fingerprint density at radius 1 is 0.533 bits per heavy atom. The Hall–Kier alpha value is 0.234. The molecule has 182 valence electrons. The summed E-state index contributed by atoms with van der Waals surface area (Å²) in [5, 5.41) is 0. The van der Waals surface area contributed by atoms with Crippen LogP contribution in [-0.4, -0.2) is 66.8 Å². The van der Waals surface area contributed by atoms with E-state index in [9.17, 15) is 0 Å². The van der Waals surface area contributed by atoms with E-state index in [4.69, 9.17) is 17.7 Å². The van der Waals surface area contributed by atoms with E-state index in [1.165, 1.54) is 0 Å². The number of rotatable bonds is 20. The molecule has 0 rings (SSSR count). The molecule has 0 aliphatic heterocycles. The van der Waals surface area contributed by atoms with E-state index in [2.05, 4.69) is 67.3 Å². The van der Waals surface area contributed by atoms with Gasteiger partial charge in [0.15, 0.2) is 0 Å². The molecule has 0 aromatic heterocycles. The molecule has 0 spiro atoms. The predicted octanol–water partition coefficient (Wildman–Crippen LogP) is 6.18. The first-order chi connectivity index (χ1) is 14.4.